The third kappa shape index (κ3) is 16.6. The molecule has 0 atom stereocenters. The summed E-state index contributed by atoms with van der Waals surface area (Å²) >= 11 is 0. The van der Waals surface area contributed by atoms with Crippen molar-refractivity contribution in [2.45, 2.75) is 148 Å². The van der Waals surface area contributed by atoms with Gasteiger partial charge in [0.15, 0.2) is 34.5 Å². The highest BCUT2D eigenvalue weighted by atomic mass is 16.7. The summed E-state index contributed by atoms with van der Waals surface area (Å²) < 4.78 is 62.8. The van der Waals surface area contributed by atoms with Gasteiger partial charge in [-0.25, -0.2) is 0 Å². The first-order valence-corrected chi connectivity index (χ1v) is 34.4. The van der Waals surface area contributed by atoms with E-state index in [0.29, 0.717) is 20.4 Å². The van der Waals surface area contributed by atoms with Gasteiger partial charge in [-0.2, -0.15) is 0 Å². The van der Waals surface area contributed by atoms with Gasteiger partial charge in [-0.3, -0.25) is 9.80 Å². The molecule has 480 valence electrons. The SMILES string of the molecule is C=CCCCCCCCCOc1ccc(-c2ccc3c(c2)OCO3)c2c1CCCC2.c1cc2c(cc1-c1ccc(OCCCCCCN3CCOCC3)c3c1CCCC3)OCO2.c1cc2c(cc1-c1ccc(OCCN3CCOCC3)c3c1CCCC3)OCO2. The molecule has 0 saturated carbocycles. The average molecular weight is 1230 g/mol. The van der Waals surface area contributed by atoms with Crippen molar-refractivity contribution in [3.63, 3.8) is 0 Å². The number of allylic oxidation sites excluding steroid dienone is 1. The van der Waals surface area contributed by atoms with Gasteiger partial charge in [-0.1, -0.05) is 81.0 Å². The van der Waals surface area contributed by atoms with E-state index in [2.05, 4.69) is 89.2 Å². The Morgan fingerprint density at radius 3 is 1.10 bits per heavy atom. The lowest BCUT2D eigenvalue weighted by Gasteiger charge is -2.27. The highest BCUT2D eigenvalue weighted by Crippen LogP contribution is 2.45. The van der Waals surface area contributed by atoms with E-state index < -0.39 is 0 Å². The zero-order valence-electron chi connectivity index (χ0n) is 53.4. The van der Waals surface area contributed by atoms with Gasteiger partial charge < -0.3 is 52.1 Å². The van der Waals surface area contributed by atoms with Crippen LogP contribution in [-0.2, 0) is 48.0 Å². The van der Waals surface area contributed by atoms with Gasteiger partial charge in [0.1, 0.15) is 23.9 Å². The fraction of sp³-hybridized carbons (Fsp3) is 0.506. The molecule has 0 amide bonds. The van der Waals surface area contributed by atoms with Gasteiger partial charge in [0.2, 0.25) is 20.4 Å². The maximum atomic E-state index is 6.29. The predicted octanol–water partition coefficient (Wildman–Crippen LogP) is 16.2. The lowest BCUT2D eigenvalue weighted by Crippen LogP contribution is -2.38. The van der Waals surface area contributed by atoms with Crippen LogP contribution in [0.15, 0.2) is 104 Å². The number of benzene rings is 6. The van der Waals surface area contributed by atoms with Crippen LogP contribution < -0.4 is 42.6 Å². The van der Waals surface area contributed by atoms with Gasteiger partial charge >= 0.3 is 0 Å². The second-order valence-electron chi connectivity index (χ2n) is 25.1. The first-order chi connectivity index (χ1) is 44.6. The summed E-state index contributed by atoms with van der Waals surface area (Å²) in [6.45, 7) is 16.9. The van der Waals surface area contributed by atoms with Crippen LogP contribution in [0.3, 0.4) is 0 Å². The molecule has 6 aromatic carbocycles. The summed E-state index contributed by atoms with van der Waals surface area (Å²) in [5, 5.41) is 0. The van der Waals surface area contributed by atoms with Crippen molar-refractivity contribution in [3.05, 3.63) is 137 Å². The molecule has 5 heterocycles. The van der Waals surface area contributed by atoms with E-state index in [1.165, 1.54) is 163 Å². The minimum absolute atomic E-state index is 0.312. The molecule has 0 aromatic heterocycles. The lowest BCUT2D eigenvalue weighted by atomic mass is 9.85. The van der Waals surface area contributed by atoms with Crippen molar-refractivity contribution in [2.24, 2.45) is 0 Å². The van der Waals surface area contributed by atoms with Gasteiger partial charge in [-0.05, 0) is 237 Å². The van der Waals surface area contributed by atoms with E-state index in [4.69, 9.17) is 52.1 Å². The fourth-order valence-corrected chi connectivity index (χ4v) is 14.1. The second kappa shape index (κ2) is 32.9. The molecule has 13 heteroatoms. The van der Waals surface area contributed by atoms with Gasteiger partial charge in [0.05, 0.1) is 39.6 Å². The van der Waals surface area contributed by atoms with Crippen molar-refractivity contribution in [1.29, 1.82) is 0 Å². The second-order valence-corrected chi connectivity index (χ2v) is 25.1. The molecule has 0 bridgehead atoms. The summed E-state index contributed by atoms with van der Waals surface area (Å²) in [6, 6.07) is 32.0. The number of fused-ring (bicyclic) bond motifs is 6. The number of rotatable bonds is 25. The van der Waals surface area contributed by atoms with E-state index in [1.54, 1.807) is 0 Å². The summed E-state index contributed by atoms with van der Waals surface area (Å²) in [7, 11) is 0. The topological polar surface area (TPSA) is 108 Å². The number of ether oxygens (including phenoxy) is 11. The monoisotopic (exact) mass is 1220 g/mol. The lowest BCUT2D eigenvalue weighted by molar-refractivity contribution is 0.0322. The molecule has 90 heavy (non-hydrogen) atoms. The Kier molecular flexibility index (Phi) is 23.1. The molecular weight excluding hydrogens is 1130 g/mol. The molecule has 0 spiro atoms. The fourth-order valence-electron chi connectivity index (χ4n) is 14.1. The molecule has 14 rings (SSSR count). The zero-order valence-corrected chi connectivity index (χ0v) is 53.4. The number of unbranched alkanes of at least 4 members (excludes halogenated alkanes) is 9. The number of hydrogen-bond donors (Lipinski definition) is 0. The highest BCUT2D eigenvalue weighted by Gasteiger charge is 2.25. The van der Waals surface area contributed by atoms with Gasteiger partial charge in [0.25, 0.3) is 0 Å². The molecular formula is C77H96N2O11. The Labute approximate surface area is 535 Å². The van der Waals surface area contributed by atoms with Crippen LogP contribution in [0.25, 0.3) is 33.4 Å². The highest BCUT2D eigenvalue weighted by molar-refractivity contribution is 5.76. The van der Waals surface area contributed by atoms with Crippen molar-refractivity contribution in [1.82, 2.24) is 9.80 Å². The van der Waals surface area contributed by atoms with Crippen LogP contribution in [0.1, 0.15) is 143 Å². The molecule has 0 radical (unpaired) electrons. The van der Waals surface area contributed by atoms with Crippen LogP contribution in [0.4, 0.5) is 0 Å². The molecule has 0 unspecified atom stereocenters. The third-order valence-corrected chi connectivity index (χ3v) is 19.1. The Morgan fingerprint density at radius 2 is 0.689 bits per heavy atom. The minimum Gasteiger partial charge on any atom is -0.493 e. The van der Waals surface area contributed by atoms with Gasteiger partial charge in [-0.15, -0.1) is 6.58 Å². The number of hydrogen-bond acceptors (Lipinski definition) is 13. The molecule has 2 fully saturated rings. The van der Waals surface area contributed by atoms with E-state index >= 15 is 0 Å². The Hall–Kier alpha value is -6.90. The maximum Gasteiger partial charge on any atom is 0.231 e. The minimum atomic E-state index is 0.312. The van der Waals surface area contributed by atoms with Crippen molar-refractivity contribution >= 4 is 0 Å². The first-order valence-electron chi connectivity index (χ1n) is 34.4. The molecule has 6 aromatic rings. The zero-order chi connectivity index (χ0) is 60.9. The Balaban J connectivity index is 0.000000131. The average Bonchev–Trinajstić information content (AvgIpc) is 1.31. The Bertz CT molecular complexity index is 3290. The largest absolute Gasteiger partial charge is 0.493 e. The van der Waals surface area contributed by atoms with Crippen molar-refractivity contribution in [3.8, 4) is 85.1 Å². The first kappa shape index (κ1) is 63.3. The molecule has 3 aliphatic carbocycles. The molecule has 2 saturated heterocycles. The Morgan fingerprint density at radius 1 is 0.344 bits per heavy atom. The van der Waals surface area contributed by atoms with E-state index in [1.807, 2.05) is 24.3 Å². The quantitative estimate of drug-likeness (QED) is 0.0401. The number of nitrogens with zero attached hydrogens (tertiary/aromatic N) is 2. The summed E-state index contributed by atoms with van der Waals surface area (Å²) in [4.78, 5) is 4.94. The summed E-state index contributed by atoms with van der Waals surface area (Å²) in [5.41, 5.74) is 16.1. The van der Waals surface area contributed by atoms with E-state index in [0.717, 1.165) is 189 Å². The van der Waals surface area contributed by atoms with Crippen LogP contribution in [-0.4, -0.2) is 116 Å². The molecule has 5 aliphatic heterocycles. The van der Waals surface area contributed by atoms with E-state index in [9.17, 15) is 0 Å². The molecule has 13 nitrogen and oxygen atoms in total. The molecule has 0 N–H and O–H groups in total. The standard InChI is InChI=1S/C27H35NO4.C27H34O3.C23H27NO4/c1(5-13-28-14-17-29-18-15-28)2-6-16-30-25-12-10-22(23-7-3-4-8-24(23)25)21-9-11-26-27(19-21)32-20-31-26;1-2-3-4-5-6-7-8-11-18-28-25-17-15-22(23-12-9-10-13-24(23)25)21-14-16-26-27(19-21)30-20-29-26;1-2-4-20-19(3-1)18(17-5-7-22-23(15-17)28-16-27-22)6-8-21(20)26-14-11-24-9-12-25-13-10-24/h9-12,19H,1-8,13-18,20H2;2,14-17,19H,1,3-13,18,20H2;5-8,15H,1-4,9-14,16H2. The van der Waals surface area contributed by atoms with Crippen LogP contribution in [0.5, 0.6) is 51.7 Å². The van der Waals surface area contributed by atoms with Crippen molar-refractivity contribution < 1.29 is 52.1 Å². The number of morpholine rings is 2. The van der Waals surface area contributed by atoms with Crippen molar-refractivity contribution in [2.75, 3.05) is 106 Å². The normalized spacial score (nSPS) is 17.0. The smallest absolute Gasteiger partial charge is 0.231 e. The summed E-state index contributed by atoms with van der Waals surface area (Å²) in [5.74, 6) is 8.31. The maximum absolute atomic E-state index is 6.29. The summed E-state index contributed by atoms with van der Waals surface area (Å²) in [6.07, 6.45) is 29.9. The predicted molar refractivity (Wildman–Crippen MR) is 356 cm³/mol. The van der Waals surface area contributed by atoms with Crippen LogP contribution in [0, 0.1) is 0 Å². The van der Waals surface area contributed by atoms with Gasteiger partial charge in [0, 0.05) is 32.7 Å². The molecule has 8 aliphatic rings. The van der Waals surface area contributed by atoms with Crippen LogP contribution in [0.2, 0.25) is 0 Å². The van der Waals surface area contributed by atoms with Crippen LogP contribution >= 0.6 is 0 Å². The third-order valence-electron chi connectivity index (χ3n) is 19.1. The van der Waals surface area contributed by atoms with E-state index in [-0.39, 0.29) is 0 Å².